The molecule has 1 aliphatic heterocycles. The first-order valence-corrected chi connectivity index (χ1v) is 11.1. The van der Waals surface area contributed by atoms with Crippen LogP contribution in [0.1, 0.15) is 28.5 Å². The Hall–Kier alpha value is -3.35. The Bertz CT molecular complexity index is 1360. The number of benzene rings is 3. The molecule has 3 aromatic carbocycles. The quantitative estimate of drug-likeness (QED) is 0.396. The maximum absolute atomic E-state index is 13.2. The number of nitrogens with one attached hydrogen (secondary N) is 1. The molecule has 33 heavy (non-hydrogen) atoms. The summed E-state index contributed by atoms with van der Waals surface area (Å²) in [5.74, 6) is 0.766. The van der Waals surface area contributed by atoms with E-state index in [1.165, 1.54) is 7.11 Å². The van der Waals surface area contributed by atoms with E-state index < -0.39 is 0 Å². The molecule has 0 spiro atoms. The fourth-order valence-electron chi connectivity index (χ4n) is 4.12. The lowest BCUT2D eigenvalue weighted by Gasteiger charge is -2.26. The van der Waals surface area contributed by atoms with Crippen molar-refractivity contribution in [2.45, 2.75) is 12.5 Å². The van der Waals surface area contributed by atoms with E-state index in [0.29, 0.717) is 39.7 Å². The zero-order valence-corrected chi connectivity index (χ0v) is 19.2. The van der Waals surface area contributed by atoms with Crippen molar-refractivity contribution in [1.82, 2.24) is 15.5 Å². The highest BCUT2D eigenvalue weighted by molar-refractivity contribution is 6.35. The summed E-state index contributed by atoms with van der Waals surface area (Å²) in [6.07, 6.45) is 0.658. The summed E-state index contributed by atoms with van der Waals surface area (Å²) in [6.45, 7) is 0.522. The van der Waals surface area contributed by atoms with E-state index in [9.17, 15) is 4.79 Å². The van der Waals surface area contributed by atoms with E-state index in [2.05, 4.69) is 15.5 Å². The predicted octanol–water partition coefficient (Wildman–Crippen LogP) is 5.87. The first-order chi connectivity index (χ1) is 16.0. The van der Waals surface area contributed by atoms with Crippen molar-refractivity contribution >= 4 is 40.0 Å². The van der Waals surface area contributed by atoms with Gasteiger partial charge in [0.15, 0.2) is 11.4 Å². The first kappa shape index (κ1) is 21.5. The van der Waals surface area contributed by atoms with Gasteiger partial charge in [-0.15, -0.1) is 10.2 Å². The monoisotopic (exact) mass is 479 g/mol. The zero-order valence-electron chi connectivity index (χ0n) is 17.6. The minimum Gasteiger partial charge on any atom is -0.493 e. The molecule has 1 aromatic heterocycles. The number of ether oxygens (including phenoxy) is 2. The van der Waals surface area contributed by atoms with Crippen LogP contribution in [0.25, 0.3) is 22.0 Å². The molecule has 0 saturated carbocycles. The van der Waals surface area contributed by atoms with E-state index in [4.69, 9.17) is 32.7 Å². The highest BCUT2D eigenvalue weighted by Gasteiger charge is 2.26. The molecule has 0 unspecified atom stereocenters. The number of amides is 1. The summed E-state index contributed by atoms with van der Waals surface area (Å²) in [6, 6.07) is 18.4. The summed E-state index contributed by atoms with van der Waals surface area (Å²) in [5, 5.41) is 13.4. The number of hydrogen-bond donors (Lipinski definition) is 1. The van der Waals surface area contributed by atoms with Crippen LogP contribution in [0.4, 0.5) is 0 Å². The van der Waals surface area contributed by atoms with E-state index in [1.54, 1.807) is 18.2 Å². The zero-order chi connectivity index (χ0) is 22.9. The number of carbonyl (C=O) groups is 1. The third-order valence-electron chi connectivity index (χ3n) is 5.60. The van der Waals surface area contributed by atoms with Crippen molar-refractivity contribution in [3.8, 4) is 22.6 Å². The number of aromatic nitrogens is 2. The number of methoxy groups -OCH3 is 1. The van der Waals surface area contributed by atoms with Crippen LogP contribution in [0, 0.1) is 0 Å². The molecule has 1 atom stereocenters. The Balaban J connectivity index is 1.54. The van der Waals surface area contributed by atoms with Gasteiger partial charge in [-0.2, -0.15) is 0 Å². The van der Waals surface area contributed by atoms with E-state index in [1.807, 2.05) is 42.5 Å². The van der Waals surface area contributed by atoms with Crippen molar-refractivity contribution in [2.75, 3.05) is 13.7 Å². The van der Waals surface area contributed by atoms with Crippen molar-refractivity contribution in [3.05, 3.63) is 82.0 Å². The van der Waals surface area contributed by atoms with Gasteiger partial charge in [-0.05, 0) is 35.9 Å². The molecular formula is C25H19Cl2N3O3. The number of rotatable bonds is 4. The fourth-order valence-corrected chi connectivity index (χ4v) is 4.65. The molecule has 6 nitrogen and oxygen atoms in total. The van der Waals surface area contributed by atoms with Crippen LogP contribution in [-0.2, 0) is 0 Å². The smallest absolute Gasteiger partial charge is 0.276 e. The summed E-state index contributed by atoms with van der Waals surface area (Å²) < 4.78 is 11.3. The molecule has 4 aromatic rings. The standard InChI is InChI=1S/C25H19Cl2N3O3/c1-32-24-19-7-4-6-17(14-11-15(26)13-16(27)12-14)22(19)29-30-23(24)25(31)28-20-9-10-33-21-8-3-2-5-18(20)21/h2-8,11-13,20H,9-10H2,1H3,(H,28,31)/t20-/m0/s1. The Labute approximate surface area is 200 Å². The third-order valence-corrected chi connectivity index (χ3v) is 6.04. The lowest BCUT2D eigenvalue weighted by atomic mass is 10.00. The number of nitrogens with zero attached hydrogens (tertiary/aromatic N) is 2. The Kier molecular flexibility index (Phi) is 5.79. The van der Waals surface area contributed by atoms with Gasteiger partial charge >= 0.3 is 0 Å². The fraction of sp³-hybridized carbons (Fsp3) is 0.160. The lowest BCUT2D eigenvalue weighted by Crippen LogP contribution is -2.33. The molecule has 1 amide bonds. The van der Waals surface area contributed by atoms with E-state index >= 15 is 0 Å². The number of hydrogen-bond acceptors (Lipinski definition) is 5. The molecule has 0 aliphatic carbocycles. The minimum atomic E-state index is -0.362. The van der Waals surface area contributed by atoms with Crippen molar-refractivity contribution in [1.29, 1.82) is 0 Å². The number of fused-ring (bicyclic) bond motifs is 2. The second kappa shape index (κ2) is 8.89. The Morgan fingerprint density at radius 1 is 1.06 bits per heavy atom. The molecule has 166 valence electrons. The second-order valence-electron chi connectivity index (χ2n) is 7.64. The molecular weight excluding hydrogens is 461 g/mol. The van der Waals surface area contributed by atoms with Crippen LogP contribution in [-0.4, -0.2) is 29.8 Å². The van der Waals surface area contributed by atoms with E-state index in [-0.39, 0.29) is 17.6 Å². The summed E-state index contributed by atoms with van der Waals surface area (Å²) in [4.78, 5) is 13.2. The summed E-state index contributed by atoms with van der Waals surface area (Å²) in [5.41, 5.74) is 3.22. The van der Waals surface area contributed by atoms with Crippen LogP contribution in [0.3, 0.4) is 0 Å². The summed E-state index contributed by atoms with van der Waals surface area (Å²) >= 11 is 12.4. The van der Waals surface area contributed by atoms with Gasteiger partial charge in [0, 0.05) is 33.0 Å². The predicted molar refractivity (Wildman–Crippen MR) is 128 cm³/mol. The molecule has 1 aliphatic rings. The maximum Gasteiger partial charge on any atom is 0.276 e. The third kappa shape index (κ3) is 4.08. The second-order valence-corrected chi connectivity index (χ2v) is 8.52. The Morgan fingerprint density at radius 2 is 1.85 bits per heavy atom. The molecule has 0 saturated heterocycles. The average molecular weight is 480 g/mol. The molecule has 0 bridgehead atoms. The molecule has 5 rings (SSSR count). The van der Waals surface area contributed by atoms with Gasteiger partial charge in [0.05, 0.1) is 19.8 Å². The van der Waals surface area contributed by atoms with Crippen LogP contribution in [0.5, 0.6) is 11.5 Å². The maximum atomic E-state index is 13.2. The topological polar surface area (TPSA) is 73.3 Å². The van der Waals surface area contributed by atoms with Crippen LogP contribution < -0.4 is 14.8 Å². The first-order valence-electron chi connectivity index (χ1n) is 10.4. The molecule has 0 fully saturated rings. The van der Waals surface area contributed by atoms with Gasteiger partial charge in [0.1, 0.15) is 11.3 Å². The minimum absolute atomic E-state index is 0.121. The van der Waals surface area contributed by atoms with E-state index in [0.717, 1.165) is 22.4 Å². The van der Waals surface area contributed by atoms with Gasteiger partial charge < -0.3 is 14.8 Å². The SMILES string of the molecule is COc1c(C(=O)N[C@H]2CCOc3ccccc32)nnc2c(-c3cc(Cl)cc(Cl)c3)cccc12. The number of halogens is 2. The lowest BCUT2D eigenvalue weighted by molar-refractivity contribution is 0.0915. The van der Waals surface area contributed by atoms with Gasteiger partial charge in [0.2, 0.25) is 0 Å². The van der Waals surface area contributed by atoms with Crippen LogP contribution in [0.2, 0.25) is 10.0 Å². The molecule has 0 radical (unpaired) electrons. The normalized spacial score (nSPS) is 14.9. The molecule has 1 N–H and O–H groups in total. The highest BCUT2D eigenvalue weighted by atomic mass is 35.5. The van der Waals surface area contributed by atoms with Crippen LogP contribution in [0.15, 0.2) is 60.7 Å². The van der Waals surface area contributed by atoms with Gasteiger partial charge in [-0.1, -0.05) is 53.5 Å². The van der Waals surface area contributed by atoms with Crippen molar-refractivity contribution in [2.24, 2.45) is 0 Å². The summed E-state index contributed by atoms with van der Waals surface area (Å²) in [7, 11) is 1.51. The number of para-hydroxylation sites is 1. The average Bonchev–Trinajstić information content (AvgIpc) is 2.82. The van der Waals surface area contributed by atoms with Gasteiger partial charge in [-0.25, -0.2) is 0 Å². The van der Waals surface area contributed by atoms with Gasteiger partial charge in [-0.3, -0.25) is 4.79 Å². The number of carbonyl (C=O) groups excluding carboxylic acids is 1. The highest BCUT2D eigenvalue weighted by Crippen LogP contribution is 2.36. The largest absolute Gasteiger partial charge is 0.493 e. The molecule has 2 heterocycles. The molecule has 8 heteroatoms. The van der Waals surface area contributed by atoms with Crippen LogP contribution >= 0.6 is 23.2 Å². The van der Waals surface area contributed by atoms with Crippen molar-refractivity contribution in [3.63, 3.8) is 0 Å². The Morgan fingerprint density at radius 3 is 2.64 bits per heavy atom. The van der Waals surface area contributed by atoms with Crippen molar-refractivity contribution < 1.29 is 14.3 Å². The van der Waals surface area contributed by atoms with Gasteiger partial charge in [0.25, 0.3) is 5.91 Å².